The van der Waals surface area contributed by atoms with Gasteiger partial charge in [-0.05, 0) is 180 Å². The quantitative estimate of drug-likeness (QED) is 0.0809. The molecule has 0 unspecified atom stereocenters. The number of hydrogen-bond acceptors (Lipinski definition) is 8. The molecule has 4 aromatic rings. The summed E-state index contributed by atoms with van der Waals surface area (Å²) in [5, 5.41) is 45.6. The Kier molecular flexibility index (Phi) is 30.2. The van der Waals surface area contributed by atoms with Crippen molar-refractivity contribution in [3.63, 3.8) is 0 Å². The van der Waals surface area contributed by atoms with Crippen molar-refractivity contribution in [1.82, 2.24) is 0 Å². The molecule has 0 saturated carbocycles. The fourth-order valence-corrected chi connectivity index (χ4v) is 11.1. The molecule has 0 fully saturated rings. The number of rotatable bonds is 16. The molecule has 0 saturated heterocycles. The van der Waals surface area contributed by atoms with Gasteiger partial charge in [-0.1, -0.05) is 264 Å². The van der Waals surface area contributed by atoms with Crippen LogP contribution in [0.15, 0.2) is 48.5 Å². The molecule has 0 bridgehead atoms. The van der Waals surface area contributed by atoms with E-state index in [1.165, 1.54) is 44.5 Å². The Hall–Kier alpha value is -2.85. The van der Waals surface area contributed by atoms with Crippen LogP contribution in [-0.4, -0.2) is 20.2 Å². The van der Waals surface area contributed by atoms with Gasteiger partial charge in [-0.15, -0.1) is 0 Å². The summed E-state index contributed by atoms with van der Waals surface area (Å²) in [7, 11) is 0. The van der Waals surface area contributed by atoms with Gasteiger partial charge in [-0.3, -0.25) is 0 Å². The van der Waals surface area contributed by atoms with Gasteiger partial charge in [0.05, 0.1) is 0 Å². The average molecular weight is 1100 g/mol. The fraction of sp³-hybridized carbons (Fsp3) is 0.562. The van der Waals surface area contributed by atoms with Gasteiger partial charge in [0.25, 0.3) is 0 Å². The summed E-state index contributed by atoms with van der Waals surface area (Å²) in [4.78, 5) is 0. The van der Waals surface area contributed by atoms with Crippen LogP contribution in [0.25, 0.3) is 0 Å². The predicted molar refractivity (Wildman–Crippen MR) is 322 cm³/mol. The average Bonchev–Trinajstić information content (AvgIpc) is 3.26. The maximum atomic E-state index is 11.6. The molecule has 0 aliphatic rings. The Morgan fingerprint density at radius 2 is 0.356 bits per heavy atom. The Bertz CT molecular complexity index is 2130. The molecule has 0 N–H and O–H groups in total. The molecule has 0 aliphatic heterocycles. The molecule has 0 aliphatic carbocycles. The molecule has 400 valence electrons. The molecule has 0 aromatic heterocycles. The van der Waals surface area contributed by atoms with Gasteiger partial charge in [0.1, 0.15) is 0 Å². The van der Waals surface area contributed by atoms with Crippen molar-refractivity contribution in [2.75, 3.05) is 0 Å². The summed E-state index contributed by atoms with van der Waals surface area (Å²) >= 11 is 19.5. The van der Waals surface area contributed by atoms with Crippen LogP contribution in [0, 0.1) is 0 Å². The summed E-state index contributed by atoms with van der Waals surface area (Å²) in [6.45, 7) is 52.1. The van der Waals surface area contributed by atoms with E-state index in [4.69, 9.17) is 48.9 Å². The van der Waals surface area contributed by atoms with E-state index in [0.29, 0.717) is 93.3 Å². The van der Waals surface area contributed by atoms with Crippen molar-refractivity contribution in [3.8, 4) is 0 Å². The number of thiocarbonyl (C=S) groups is 4. The number of hydrogen-bond donors (Lipinski definition) is 0. The zero-order valence-corrected chi connectivity index (χ0v) is 54.1. The van der Waals surface area contributed by atoms with Crippen molar-refractivity contribution in [2.24, 2.45) is 0 Å². The van der Waals surface area contributed by atoms with Gasteiger partial charge >= 0.3 is 21.7 Å². The number of benzene rings is 4. The maximum Gasteiger partial charge on any atom is 4.00 e. The van der Waals surface area contributed by atoms with Crippen LogP contribution in [0.3, 0.4) is 0 Å². The Morgan fingerprint density at radius 3 is 0.438 bits per heavy atom. The molecule has 0 atom stereocenters. The van der Waals surface area contributed by atoms with E-state index in [-0.39, 0.29) is 41.9 Å². The molecule has 0 radical (unpaired) electrons. The first-order valence-electron chi connectivity index (χ1n) is 26.6. The molecule has 4 rings (SSSR count). The minimum absolute atomic E-state index is 0. The van der Waals surface area contributed by atoms with Gasteiger partial charge < -0.3 is 20.4 Å². The molecule has 0 heterocycles. The van der Waals surface area contributed by atoms with Crippen LogP contribution < -0.4 is 20.4 Å². The second-order valence-electron chi connectivity index (χ2n) is 23.1. The minimum Gasteiger partial charge on any atom is -0.864 e. The van der Waals surface area contributed by atoms with Gasteiger partial charge in [0.15, 0.2) is 0 Å². The molecule has 73 heavy (non-hydrogen) atoms. The minimum atomic E-state index is -0.240. The van der Waals surface area contributed by atoms with Crippen molar-refractivity contribution >= 4 is 69.1 Å². The SMILES string of the molecule is CC(C)c1ccc(C([O-])=S)c(C(C)C)c1C(C)C.CC(C)c1ccc(C([O-])=S)c(C(C)C)c1C(C)C.CC(C)c1ccc(C([O-])=S)c(C(C)C)c1C(C)C.CC(C)c1ccc(C([O-])=S)c(C(C)C)c1C(C)C.[Ti+4]. The largest absolute Gasteiger partial charge is 4.00 e. The van der Waals surface area contributed by atoms with Crippen molar-refractivity contribution in [3.05, 3.63) is 138 Å². The van der Waals surface area contributed by atoms with Crippen molar-refractivity contribution in [1.29, 1.82) is 0 Å². The van der Waals surface area contributed by atoms with Crippen molar-refractivity contribution < 1.29 is 42.1 Å². The summed E-state index contributed by atoms with van der Waals surface area (Å²) in [6, 6.07) is 15.9. The summed E-state index contributed by atoms with van der Waals surface area (Å²) in [5.41, 5.74) is 18.1. The zero-order valence-electron chi connectivity index (χ0n) is 49.3. The Balaban J connectivity index is 0.000000943. The van der Waals surface area contributed by atoms with Crippen molar-refractivity contribution in [2.45, 2.75) is 237 Å². The van der Waals surface area contributed by atoms with Crippen LogP contribution in [0.4, 0.5) is 0 Å². The molecule has 4 aromatic carbocycles. The molecule has 4 nitrogen and oxygen atoms in total. The normalized spacial score (nSPS) is 11.5. The van der Waals surface area contributed by atoms with E-state index in [9.17, 15) is 20.4 Å². The third-order valence-corrected chi connectivity index (χ3v) is 14.1. The monoisotopic (exact) mass is 1100 g/mol. The maximum absolute atomic E-state index is 11.6. The summed E-state index contributed by atoms with van der Waals surface area (Å²) in [6.07, 6.45) is 0. The molecular weight excluding hydrogens is 1010 g/mol. The predicted octanol–water partition coefficient (Wildman–Crippen LogP) is 16.4. The van der Waals surface area contributed by atoms with Crippen LogP contribution >= 0.6 is 48.9 Å². The van der Waals surface area contributed by atoms with E-state index in [1.807, 2.05) is 24.3 Å². The van der Waals surface area contributed by atoms with Gasteiger partial charge in [0, 0.05) is 0 Å². The van der Waals surface area contributed by atoms with E-state index in [1.54, 1.807) is 0 Å². The standard InChI is InChI=1S/4C16H24OS.Ti/c4*1-9(2)12-7-8-13(16(17)18)15(11(5)6)14(12)10(3)4;/h4*7-11H,1-6H3,(H,17,18);/q;;;;+4/p-4. The molecule has 0 amide bonds. The van der Waals surface area contributed by atoms with E-state index < -0.39 is 0 Å². The van der Waals surface area contributed by atoms with Crippen LogP contribution in [0.5, 0.6) is 0 Å². The zero-order chi connectivity index (χ0) is 56.1. The van der Waals surface area contributed by atoms with Crippen LogP contribution in [0.2, 0.25) is 0 Å². The molecule has 0 spiro atoms. The summed E-state index contributed by atoms with van der Waals surface area (Å²) < 4.78 is 0. The van der Waals surface area contributed by atoms with Gasteiger partial charge in [0.2, 0.25) is 0 Å². The van der Waals surface area contributed by atoms with E-state index >= 15 is 0 Å². The smallest absolute Gasteiger partial charge is 0.864 e. The van der Waals surface area contributed by atoms with Crippen LogP contribution in [0.1, 0.15) is 326 Å². The van der Waals surface area contributed by atoms with E-state index in [0.717, 1.165) is 22.3 Å². The first-order chi connectivity index (χ1) is 33.1. The fourth-order valence-electron chi connectivity index (χ4n) is 10.4. The molecule has 9 heteroatoms. The Labute approximate surface area is 482 Å². The van der Waals surface area contributed by atoms with Gasteiger partial charge in [-0.25, -0.2) is 0 Å². The summed E-state index contributed by atoms with van der Waals surface area (Å²) in [5.74, 6) is 4.80. The third-order valence-electron chi connectivity index (χ3n) is 13.3. The first-order valence-corrected chi connectivity index (χ1v) is 28.2. The second kappa shape index (κ2) is 31.4. The third kappa shape index (κ3) is 18.7. The first kappa shape index (κ1) is 70.2. The second-order valence-corrected chi connectivity index (χ2v) is 24.6. The Morgan fingerprint density at radius 1 is 0.233 bits per heavy atom. The van der Waals surface area contributed by atoms with Crippen LogP contribution in [-0.2, 0) is 21.7 Å². The molecular formula is C64H92O4S4Ti. The van der Waals surface area contributed by atoms with E-state index in [2.05, 4.69) is 190 Å². The topological polar surface area (TPSA) is 92.2 Å². The van der Waals surface area contributed by atoms with Gasteiger partial charge in [-0.2, -0.15) is 0 Å².